The van der Waals surface area contributed by atoms with Gasteiger partial charge in [-0.1, -0.05) is 42.5 Å². The standard InChI is InChI=1S/C22H18FN5O2/c1-30-19-9-5-8-16(14-19)21-25-27-28(26-21)20(15-6-3-2-4-7-15)22(29)24-18-12-10-17(23)11-13-18/h2-14,20H,1H3,(H,24,29)/t20-/m0/s1. The van der Waals surface area contributed by atoms with Gasteiger partial charge in [-0.3, -0.25) is 4.79 Å². The third-order valence-corrected chi connectivity index (χ3v) is 4.46. The molecule has 0 unspecified atom stereocenters. The van der Waals surface area contributed by atoms with E-state index in [0.29, 0.717) is 28.4 Å². The summed E-state index contributed by atoms with van der Waals surface area (Å²) in [7, 11) is 1.58. The second kappa shape index (κ2) is 8.52. The first-order valence-corrected chi connectivity index (χ1v) is 9.19. The molecule has 0 radical (unpaired) electrons. The summed E-state index contributed by atoms with van der Waals surface area (Å²) < 4.78 is 18.4. The molecular formula is C22H18FN5O2. The Bertz CT molecular complexity index is 1150. The van der Waals surface area contributed by atoms with Crippen LogP contribution in [0.15, 0.2) is 78.9 Å². The van der Waals surface area contributed by atoms with Crippen molar-refractivity contribution >= 4 is 11.6 Å². The van der Waals surface area contributed by atoms with Crippen molar-refractivity contribution in [1.29, 1.82) is 0 Å². The van der Waals surface area contributed by atoms with E-state index in [1.54, 1.807) is 13.2 Å². The van der Waals surface area contributed by atoms with E-state index in [-0.39, 0.29) is 11.7 Å². The number of anilines is 1. The van der Waals surface area contributed by atoms with Gasteiger partial charge in [-0.25, -0.2) is 4.39 Å². The smallest absolute Gasteiger partial charge is 0.255 e. The summed E-state index contributed by atoms with van der Waals surface area (Å²) in [5, 5.41) is 15.4. The molecule has 1 N–H and O–H groups in total. The average molecular weight is 403 g/mol. The van der Waals surface area contributed by atoms with Crippen LogP contribution in [0.4, 0.5) is 10.1 Å². The highest BCUT2D eigenvalue weighted by atomic mass is 19.1. The van der Waals surface area contributed by atoms with Crippen molar-refractivity contribution in [2.75, 3.05) is 12.4 Å². The molecule has 1 aromatic heterocycles. The van der Waals surface area contributed by atoms with Crippen molar-refractivity contribution in [1.82, 2.24) is 20.2 Å². The topological polar surface area (TPSA) is 81.9 Å². The molecule has 30 heavy (non-hydrogen) atoms. The van der Waals surface area contributed by atoms with Gasteiger partial charge in [0.25, 0.3) is 5.91 Å². The lowest BCUT2D eigenvalue weighted by atomic mass is 10.1. The van der Waals surface area contributed by atoms with Crippen LogP contribution >= 0.6 is 0 Å². The summed E-state index contributed by atoms with van der Waals surface area (Å²) >= 11 is 0. The molecule has 0 bridgehead atoms. The number of carbonyl (C=O) groups excluding carboxylic acids is 1. The molecule has 0 aliphatic rings. The fourth-order valence-electron chi connectivity index (χ4n) is 2.98. The Kier molecular flexibility index (Phi) is 5.47. The summed E-state index contributed by atoms with van der Waals surface area (Å²) in [6.07, 6.45) is 0. The summed E-state index contributed by atoms with van der Waals surface area (Å²) in [5.41, 5.74) is 1.87. The average Bonchev–Trinajstić information content (AvgIpc) is 3.26. The van der Waals surface area contributed by atoms with Gasteiger partial charge in [0.1, 0.15) is 11.6 Å². The van der Waals surface area contributed by atoms with E-state index < -0.39 is 6.04 Å². The van der Waals surface area contributed by atoms with Gasteiger partial charge in [0.2, 0.25) is 5.82 Å². The van der Waals surface area contributed by atoms with Gasteiger partial charge >= 0.3 is 0 Å². The highest BCUT2D eigenvalue weighted by Gasteiger charge is 2.26. The number of ether oxygens (including phenoxy) is 1. The Morgan fingerprint density at radius 3 is 2.53 bits per heavy atom. The SMILES string of the molecule is COc1cccc(-c2nnn([C@H](C(=O)Nc3ccc(F)cc3)c3ccccc3)n2)c1. The Labute approximate surface area is 172 Å². The maximum atomic E-state index is 13.2. The van der Waals surface area contributed by atoms with Gasteiger partial charge in [-0.05, 0) is 47.2 Å². The lowest BCUT2D eigenvalue weighted by Gasteiger charge is -2.16. The minimum Gasteiger partial charge on any atom is -0.497 e. The molecule has 3 aromatic carbocycles. The molecule has 0 fully saturated rings. The summed E-state index contributed by atoms with van der Waals surface area (Å²) in [6, 6.07) is 21.1. The Morgan fingerprint density at radius 1 is 1.03 bits per heavy atom. The van der Waals surface area contributed by atoms with Gasteiger partial charge < -0.3 is 10.1 Å². The van der Waals surface area contributed by atoms with Crippen molar-refractivity contribution in [3.63, 3.8) is 0 Å². The molecular weight excluding hydrogens is 385 g/mol. The monoisotopic (exact) mass is 403 g/mol. The first-order chi connectivity index (χ1) is 14.6. The van der Waals surface area contributed by atoms with Crippen LogP contribution in [0.1, 0.15) is 11.6 Å². The molecule has 8 heteroatoms. The number of halogens is 1. The zero-order valence-corrected chi connectivity index (χ0v) is 16.1. The second-order valence-corrected chi connectivity index (χ2v) is 6.47. The van der Waals surface area contributed by atoms with Crippen LogP contribution in [0.5, 0.6) is 5.75 Å². The molecule has 4 aromatic rings. The number of benzene rings is 3. The molecule has 150 valence electrons. The first-order valence-electron chi connectivity index (χ1n) is 9.19. The van der Waals surface area contributed by atoms with E-state index >= 15 is 0 Å². The number of hydrogen-bond acceptors (Lipinski definition) is 5. The van der Waals surface area contributed by atoms with Crippen LogP contribution in [0.2, 0.25) is 0 Å². The minimum atomic E-state index is -0.858. The van der Waals surface area contributed by atoms with Crippen molar-refractivity contribution in [2.45, 2.75) is 6.04 Å². The second-order valence-electron chi connectivity index (χ2n) is 6.47. The zero-order valence-electron chi connectivity index (χ0n) is 16.1. The molecule has 0 aliphatic heterocycles. The normalized spacial score (nSPS) is 11.7. The Hall–Kier alpha value is -4.07. The lowest BCUT2D eigenvalue weighted by Crippen LogP contribution is -2.28. The number of tetrazole rings is 1. The van der Waals surface area contributed by atoms with Crippen LogP contribution in [-0.2, 0) is 4.79 Å². The van der Waals surface area contributed by atoms with E-state index in [2.05, 4.69) is 20.7 Å². The lowest BCUT2D eigenvalue weighted by molar-refractivity contribution is -0.118. The minimum absolute atomic E-state index is 0.365. The molecule has 1 heterocycles. The first kappa shape index (κ1) is 19.3. The largest absolute Gasteiger partial charge is 0.497 e. The van der Waals surface area contributed by atoms with Gasteiger partial charge in [0, 0.05) is 11.3 Å². The van der Waals surface area contributed by atoms with Gasteiger partial charge in [-0.15, -0.1) is 15.0 Å². The fraction of sp³-hybridized carbons (Fsp3) is 0.0909. The molecule has 7 nitrogen and oxygen atoms in total. The van der Waals surface area contributed by atoms with Gasteiger partial charge in [-0.2, -0.15) is 0 Å². The van der Waals surface area contributed by atoms with Crippen LogP contribution in [0.25, 0.3) is 11.4 Å². The molecule has 1 amide bonds. The summed E-state index contributed by atoms with van der Waals surface area (Å²) in [6.45, 7) is 0. The Balaban J connectivity index is 1.67. The third-order valence-electron chi connectivity index (χ3n) is 4.46. The molecule has 0 saturated heterocycles. The molecule has 0 aliphatic carbocycles. The summed E-state index contributed by atoms with van der Waals surface area (Å²) in [4.78, 5) is 14.4. The highest BCUT2D eigenvalue weighted by Crippen LogP contribution is 2.23. The molecule has 4 rings (SSSR count). The highest BCUT2D eigenvalue weighted by molar-refractivity contribution is 5.95. The van der Waals surface area contributed by atoms with E-state index in [4.69, 9.17) is 4.74 Å². The van der Waals surface area contributed by atoms with Gasteiger partial charge in [0.15, 0.2) is 6.04 Å². The Morgan fingerprint density at radius 2 is 1.80 bits per heavy atom. The van der Waals surface area contributed by atoms with Crippen LogP contribution in [0, 0.1) is 5.82 Å². The van der Waals surface area contributed by atoms with Crippen LogP contribution < -0.4 is 10.1 Å². The van der Waals surface area contributed by atoms with E-state index in [1.807, 2.05) is 48.5 Å². The maximum absolute atomic E-state index is 13.2. The van der Waals surface area contributed by atoms with Gasteiger partial charge in [0.05, 0.1) is 7.11 Å². The number of nitrogens with one attached hydrogen (secondary N) is 1. The predicted molar refractivity (Wildman–Crippen MR) is 109 cm³/mol. The maximum Gasteiger partial charge on any atom is 0.255 e. The van der Waals surface area contributed by atoms with Crippen molar-refractivity contribution in [3.05, 3.63) is 90.2 Å². The number of amides is 1. The van der Waals surface area contributed by atoms with Crippen LogP contribution in [-0.4, -0.2) is 33.2 Å². The zero-order chi connectivity index (χ0) is 20.9. The van der Waals surface area contributed by atoms with Crippen molar-refractivity contribution in [2.24, 2.45) is 0 Å². The van der Waals surface area contributed by atoms with Crippen molar-refractivity contribution in [3.8, 4) is 17.1 Å². The van der Waals surface area contributed by atoms with Crippen molar-refractivity contribution < 1.29 is 13.9 Å². The van der Waals surface area contributed by atoms with E-state index in [9.17, 15) is 9.18 Å². The fourth-order valence-corrected chi connectivity index (χ4v) is 2.98. The number of nitrogens with zero attached hydrogens (tertiary/aromatic N) is 4. The number of aromatic nitrogens is 4. The predicted octanol–water partition coefficient (Wildman–Crippen LogP) is 3.72. The molecule has 1 atom stereocenters. The van der Waals surface area contributed by atoms with Crippen LogP contribution in [0.3, 0.4) is 0 Å². The molecule has 0 spiro atoms. The van der Waals surface area contributed by atoms with E-state index in [1.165, 1.54) is 29.1 Å². The number of rotatable bonds is 6. The summed E-state index contributed by atoms with van der Waals surface area (Å²) in [5.74, 6) is 0.276. The number of methoxy groups -OCH3 is 1. The molecule has 0 saturated carbocycles. The number of carbonyl (C=O) groups is 1. The third kappa shape index (κ3) is 4.17. The number of hydrogen-bond donors (Lipinski definition) is 1. The van der Waals surface area contributed by atoms with E-state index in [0.717, 1.165) is 0 Å². The quantitative estimate of drug-likeness (QED) is 0.531.